The van der Waals surface area contributed by atoms with Gasteiger partial charge in [0.2, 0.25) is 0 Å². The van der Waals surface area contributed by atoms with Crippen molar-refractivity contribution in [2.45, 2.75) is 51.5 Å². The van der Waals surface area contributed by atoms with Crippen LogP contribution in [-0.4, -0.2) is 43.2 Å². The molecular weight excluding hydrogens is 302 g/mol. The van der Waals surface area contributed by atoms with Crippen LogP contribution in [0.4, 0.5) is 0 Å². The van der Waals surface area contributed by atoms with Gasteiger partial charge in [0.15, 0.2) is 0 Å². The second kappa shape index (κ2) is 5.76. The zero-order valence-electron chi connectivity index (χ0n) is 14.7. The average molecular weight is 327 g/mol. The van der Waals surface area contributed by atoms with Gasteiger partial charge in [-0.05, 0) is 45.6 Å². The van der Waals surface area contributed by atoms with Crippen molar-refractivity contribution in [1.29, 1.82) is 0 Å². The number of likely N-dealkylation sites (tertiary alicyclic amines) is 1. The zero-order valence-corrected chi connectivity index (χ0v) is 14.7. The van der Waals surface area contributed by atoms with E-state index in [1.165, 1.54) is 24.4 Å². The number of imidazole rings is 1. The van der Waals surface area contributed by atoms with Crippen LogP contribution in [0.25, 0.3) is 0 Å². The molecule has 1 amide bonds. The van der Waals surface area contributed by atoms with Crippen molar-refractivity contribution in [3.8, 4) is 0 Å². The molecule has 0 bridgehead atoms. The number of carbonyl (C=O) groups excluding carboxylic acids is 1. The van der Waals surface area contributed by atoms with Gasteiger partial charge in [-0.15, -0.1) is 0 Å². The molecule has 1 aliphatic carbocycles. The summed E-state index contributed by atoms with van der Waals surface area (Å²) in [6, 6.07) is 2.35. The SMILES string of the molecule is Cc1cc(C(=O)N2CCC(n3c(C)cnc3C3CC3)CC2)n(C)n1. The van der Waals surface area contributed by atoms with E-state index in [9.17, 15) is 4.79 Å². The molecule has 0 N–H and O–H groups in total. The summed E-state index contributed by atoms with van der Waals surface area (Å²) < 4.78 is 4.13. The quantitative estimate of drug-likeness (QED) is 0.871. The number of carbonyl (C=O) groups is 1. The molecule has 2 fully saturated rings. The van der Waals surface area contributed by atoms with E-state index in [-0.39, 0.29) is 5.91 Å². The van der Waals surface area contributed by atoms with E-state index in [4.69, 9.17) is 0 Å². The van der Waals surface area contributed by atoms with Crippen LogP contribution >= 0.6 is 0 Å². The first kappa shape index (κ1) is 15.4. The van der Waals surface area contributed by atoms with Crippen molar-refractivity contribution in [1.82, 2.24) is 24.2 Å². The van der Waals surface area contributed by atoms with Gasteiger partial charge in [-0.1, -0.05) is 0 Å². The topological polar surface area (TPSA) is 56.0 Å². The van der Waals surface area contributed by atoms with Crippen LogP contribution in [0, 0.1) is 13.8 Å². The summed E-state index contributed by atoms with van der Waals surface area (Å²) in [7, 11) is 1.84. The van der Waals surface area contributed by atoms with Crippen LogP contribution in [0.3, 0.4) is 0 Å². The van der Waals surface area contributed by atoms with Crippen molar-refractivity contribution in [3.63, 3.8) is 0 Å². The van der Waals surface area contributed by atoms with Crippen molar-refractivity contribution in [2.75, 3.05) is 13.1 Å². The van der Waals surface area contributed by atoms with Crippen LogP contribution in [0.2, 0.25) is 0 Å². The molecule has 24 heavy (non-hydrogen) atoms. The molecule has 2 aromatic heterocycles. The number of nitrogens with zero attached hydrogens (tertiary/aromatic N) is 5. The first-order valence-electron chi connectivity index (χ1n) is 8.88. The Morgan fingerprint density at radius 3 is 2.46 bits per heavy atom. The zero-order chi connectivity index (χ0) is 16.8. The van der Waals surface area contributed by atoms with Crippen LogP contribution in [0.1, 0.15) is 65.3 Å². The smallest absolute Gasteiger partial charge is 0.272 e. The molecule has 1 saturated heterocycles. The number of piperidine rings is 1. The maximum atomic E-state index is 12.7. The largest absolute Gasteiger partial charge is 0.337 e. The molecule has 2 aliphatic rings. The van der Waals surface area contributed by atoms with Gasteiger partial charge in [-0.25, -0.2) is 4.98 Å². The van der Waals surface area contributed by atoms with E-state index in [0.29, 0.717) is 17.7 Å². The van der Waals surface area contributed by atoms with E-state index < -0.39 is 0 Å². The molecule has 1 saturated carbocycles. The van der Waals surface area contributed by atoms with Crippen LogP contribution in [-0.2, 0) is 7.05 Å². The minimum Gasteiger partial charge on any atom is -0.337 e. The second-order valence-electron chi connectivity index (χ2n) is 7.22. The highest BCUT2D eigenvalue weighted by atomic mass is 16.2. The molecule has 2 aromatic rings. The van der Waals surface area contributed by atoms with Crippen molar-refractivity contribution in [3.05, 3.63) is 35.2 Å². The molecule has 6 heteroatoms. The minimum atomic E-state index is 0.0984. The predicted molar refractivity (Wildman–Crippen MR) is 91.1 cm³/mol. The van der Waals surface area contributed by atoms with Gasteiger partial charge in [0.05, 0.1) is 5.69 Å². The Bertz CT molecular complexity index is 762. The highest BCUT2D eigenvalue weighted by molar-refractivity contribution is 5.92. The number of hydrogen-bond donors (Lipinski definition) is 0. The van der Waals surface area contributed by atoms with E-state index in [0.717, 1.165) is 31.6 Å². The summed E-state index contributed by atoms with van der Waals surface area (Å²) >= 11 is 0. The maximum Gasteiger partial charge on any atom is 0.272 e. The van der Waals surface area contributed by atoms with Gasteiger partial charge in [0.1, 0.15) is 11.5 Å². The Morgan fingerprint density at radius 2 is 1.88 bits per heavy atom. The molecule has 0 unspecified atom stereocenters. The summed E-state index contributed by atoms with van der Waals surface area (Å²) in [5, 5.41) is 4.29. The van der Waals surface area contributed by atoms with Crippen LogP contribution in [0.15, 0.2) is 12.3 Å². The lowest BCUT2D eigenvalue weighted by atomic mass is 10.0. The molecular formula is C18H25N5O. The third kappa shape index (κ3) is 2.64. The highest BCUT2D eigenvalue weighted by Gasteiger charge is 2.33. The standard InChI is InChI=1S/C18H25N5O/c1-12-10-16(21(3)20-12)18(24)22-8-6-15(7-9-22)23-13(2)11-19-17(23)14-4-5-14/h10-11,14-15H,4-9H2,1-3H3. The summed E-state index contributed by atoms with van der Waals surface area (Å²) in [6.45, 7) is 5.67. The van der Waals surface area contributed by atoms with E-state index in [1.807, 2.05) is 31.1 Å². The maximum absolute atomic E-state index is 12.7. The van der Waals surface area contributed by atoms with Gasteiger partial charge in [0.25, 0.3) is 5.91 Å². The third-order valence-corrected chi connectivity index (χ3v) is 5.29. The lowest BCUT2D eigenvalue weighted by Gasteiger charge is -2.34. The third-order valence-electron chi connectivity index (χ3n) is 5.29. The molecule has 4 rings (SSSR count). The number of hydrogen-bond acceptors (Lipinski definition) is 3. The Hall–Kier alpha value is -2.11. The van der Waals surface area contributed by atoms with E-state index in [2.05, 4.69) is 21.6 Å². The Labute approximate surface area is 142 Å². The van der Waals surface area contributed by atoms with E-state index >= 15 is 0 Å². The number of aromatic nitrogens is 4. The molecule has 3 heterocycles. The first-order chi connectivity index (χ1) is 11.5. The number of rotatable bonds is 3. The first-order valence-corrected chi connectivity index (χ1v) is 8.88. The summed E-state index contributed by atoms with van der Waals surface area (Å²) in [5.41, 5.74) is 2.83. The Balaban J connectivity index is 1.46. The lowest BCUT2D eigenvalue weighted by Crippen LogP contribution is -2.40. The summed E-state index contributed by atoms with van der Waals surface area (Å²) in [4.78, 5) is 19.3. The summed E-state index contributed by atoms with van der Waals surface area (Å²) in [6.07, 6.45) is 6.55. The highest BCUT2D eigenvalue weighted by Crippen LogP contribution is 2.41. The van der Waals surface area contributed by atoms with Gasteiger partial charge in [-0.3, -0.25) is 9.48 Å². The Kier molecular flexibility index (Phi) is 3.70. The van der Waals surface area contributed by atoms with Gasteiger partial charge >= 0.3 is 0 Å². The Morgan fingerprint density at radius 1 is 1.17 bits per heavy atom. The van der Waals surface area contributed by atoms with Gasteiger partial charge in [0, 0.05) is 44.0 Å². The molecule has 1 aliphatic heterocycles. The van der Waals surface area contributed by atoms with E-state index in [1.54, 1.807) is 4.68 Å². The van der Waals surface area contributed by atoms with Crippen LogP contribution in [0.5, 0.6) is 0 Å². The van der Waals surface area contributed by atoms with Crippen molar-refractivity contribution >= 4 is 5.91 Å². The average Bonchev–Trinajstić information content (AvgIpc) is 3.26. The molecule has 128 valence electrons. The predicted octanol–water partition coefficient (Wildman–Crippen LogP) is 2.59. The fraction of sp³-hybridized carbons (Fsp3) is 0.611. The second-order valence-corrected chi connectivity index (χ2v) is 7.22. The molecule has 6 nitrogen and oxygen atoms in total. The van der Waals surface area contributed by atoms with Crippen molar-refractivity contribution in [2.24, 2.45) is 7.05 Å². The normalized spacial score (nSPS) is 19.0. The molecule has 0 radical (unpaired) electrons. The molecule has 0 atom stereocenters. The van der Waals surface area contributed by atoms with Crippen molar-refractivity contribution < 1.29 is 4.79 Å². The monoisotopic (exact) mass is 327 g/mol. The molecule has 0 spiro atoms. The number of amides is 1. The van der Waals surface area contributed by atoms with Gasteiger partial charge < -0.3 is 9.47 Å². The molecule has 0 aromatic carbocycles. The minimum absolute atomic E-state index is 0.0984. The fourth-order valence-corrected chi connectivity index (χ4v) is 3.88. The number of aryl methyl sites for hydroxylation is 3. The summed E-state index contributed by atoms with van der Waals surface area (Å²) in [5.74, 6) is 2.02. The van der Waals surface area contributed by atoms with Crippen LogP contribution < -0.4 is 0 Å². The lowest BCUT2D eigenvalue weighted by molar-refractivity contribution is 0.0682. The fourth-order valence-electron chi connectivity index (χ4n) is 3.88. The van der Waals surface area contributed by atoms with Gasteiger partial charge in [-0.2, -0.15) is 5.10 Å².